The molecule has 11 heteroatoms. The van der Waals surface area contributed by atoms with E-state index in [0.29, 0.717) is 12.5 Å². The number of piperidine rings is 1. The molecular weight excluding hydrogens is 709 g/mol. The Hall–Kier alpha value is -4.62. The van der Waals surface area contributed by atoms with Crippen molar-refractivity contribution in [3.05, 3.63) is 125 Å². The van der Waals surface area contributed by atoms with Crippen molar-refractivity contribution in [1.82, 2.24) is 14.8 Å². The number of alkyl carbamates (subject to hydrolysis) is 1. The fourth-order valence-corrected chi connectivity index (χ4v) is 9.05. The third-order valence-electron chi connectivity index (χ3n) is 12.0. The molecule has 1 amide bonds. The van der Waals surface area contributed by atoms with Crippen LogP contribution in [0.2, 0.25) is 0 Å². The van der Waals surface area contributed by atoms with Gasteiger partial charge in [0.2, 0.25) is 0 Å². The Morgan fingerprint density at radius 1 is 0.911 bits per heavy atom. The van der Waals surface area contributed by atoms with E-state index in [1.165, 1.54) is 27.8 Å². The Balaban J connectivity index is 0.876. The number of aryl methyl sites for hydroxylation is 2. The van der Waals surface area contributed by atoms with Gasteiger partial charge in [-0.2, -0.15) is 0 Å². The molecule has 0 radical (unpaired) electrons. The summed E-state index contributed by atoms with van der Waals surface area (Å²) >= 11 is 0. The SMILES string of the molecule is CCn1c(CNC(=O)OCC2c3ccccc3-c3ccccc32)[n+](CC)c2ccc(C3CCN(C[C@H](O)[C@@H](O)[C@@H]4OC(c5ccccc5)OC[C@H]4O)CC3)cc21. The van der Waals surface area contributed by atoms with Gasteiger partial charge in [0.05, 0.1) is 25.8 Å². The highest BCUT2D eigenvalue weighted by atomic mass is 16.7. The Morgan fingerprint density at radius 2 is 1.59 bits per heavy atom. The molecule has 5 atom stereocenters. The molecular formula is C45H53N4O7+. The van der Waals surface area contributed by atoms with E-state index in [4.69, 9.17) is 14.2 Å². The number of aliphatic hydroxyl groups is 3. The molecule has 2 fully saturated rings. The summed E-state index contributed by atoms with van der Waals surface area (Å²) in [5, 5.41) is 35.8. The monoisotopic (exact) mass is 761 g/mol. The first-order valence-corrected chi connectivity index (χ1v) is 20.1. The predicted octanol–water partition coefficient (Wildman–Crippen LogP) is 5.38. The molecule has 2 saturated heterocycles. The molecule has 0 spiro atoms. The summed E-state index contributed by atoms with van der Waals surface area (Å²) in [4.78, 5) is 15.3. The maximum Gasteiger partial charge on any atom is 0.407 e. The van der Waals surface area contributed by atoms with E-state index < -0.39 is 36.8 Å². The number of aromatic nitrogens is 2. The second-order valence-corrected chi connectivity index (χ2v) is 15.2. The van der Waals surface area contributed by atoms with E-state index in [0.717, 1.165) is 61.4 Å². The van der Waals surface area contributed by atoms with Gasteiger partial charge in [-0.05, 0) is 85.6 Å². The zero-order valence-corrected chi connectivity index (χ0v) is 32.2. The minimum absolute atomic E-state index is 0.00627. The van der Waals surface area contributed by atoms with Crippen LogP contribution >= 0.6 is 0 Å². The third kappa shape index (κ3) is 7.59. The Labute approximate surface area is 328 Å². The number of carbonyl (C=O) groups excluding carboxylic acids is 1. The van der Waals surface area contributed by atoms with Gasteiger partial charge in [-0.3, -0.25) is 0 Å². The van der Waals surface area contributed by atoms with Gasteiger partial charge in [-0.15, -0.1) is 0 Å². The summed E-state index contributed by atoms with van der Waals surface area (Å²) in [6.45, 7) is 8.24. The van der Waals surface area contributed by atoms with Crippen molar-refractivity contribution in [2.24, 2.45) is 0 Å². The number of carbonyl (C=O) groups is 1. The molecule has 4 N–H and O–H groups in total. The number of aliphatic hydroxyl groups excluding tert-OH is 3. The molecule has 8 rings (SSSR count). The standard InChI is InChI=1S/C45H52N4O7/c1-3-48-37-19-18-31(29-20-22-47(23-21-29)26-39(50)42(52)43-40(51)28-54-44(56-43)30-12-6-5-7-13-30)24-38(37)49(4-2)41(48)25-46-45(53)55-27-36-34-16-10-8-14-32(34)33-15-9-11-17-35(33)36/h5-19,24,29,36,39-40,42-44,50-52H,3-4,20-23,25-28H2,1-2H3/p+1/t39-,40+,42+,43+,44?/m0/s1. The second-order valence-electron chi connectivity index (χ2n) is 15.2. The molecule has 1 unspecified atom stereocenters. The number of ether oxygens (including phenoxy) is 3. The molecule has 11 nitrogen and oxygen atoms in total. The number of hydrogen-bond acceptors (Lipinski definition) is 8. The summed E-state index contributed by atoms with van der Waals surface area (Å²) in [6, 6.07) is 32.8. The van der Waals surface area contributed by atoms with Gasteiger partial charge in [0.15, 0.2) is 17.3 Å². The molecule has 2 aliphatic heterocycles. The lowest BCUT2D eigenvalue weighted by atomic mass is 9.89. The van der Waals surface area contributed by atoms with Gasteiger partial charge in [0.1, 0.15) is 31.5 Å². The first-order chi connectivity index (χ1) is 27.3. The van der Waals surface area contributed by atoms with Crippen molar-refractivity contribution in [2.45, 2.75) is 88.9 Å². The van der Waals surface area contributed by atoms with E-state index in [-0.39, 0.29) is 25.7 Å². The van der Waals surface area contributed by atoms with Gasteiger partial charge in [-0.1, -0.05) is 84.9 Å². The molecule has 4 aromatic carbocycles. The average Bonchev–Trinajstić information content (AvgIpc) is 3.73. The number of likely N-dealkylation sites (tertiary alicyclic amines) is 1. The highest BCUT2D eigenvalue weighted by molar-refractivity contribution is 5.79. The Bertz CT molecular complexity index is 2090. The molecule has 294 valence electrons. The minimum atomic E-state index is -1.26. The quantitative estimate of drug-likeness (QED) is 0.125. The van der Waals surface area contributed by atoms with Crippen molar-refractivity contribution in [3.8, 4) is 11.1 Å². The smallest absolute Gasteiger partial charge is 0.407 e. The van der Waals surface area contributed by atoms with Crippen LogP contribution in [0, 0.1) is 0 Å². The highest BCUT2D eigenvalue weighted by Gasteiger charge is 2.40. The number of hydrogen-bond donors (Lipinski definition) is 4. The number of benzene rings is 4. The van der Waals surface area contributed by atoms with E-state index in [1.807, 2.05) is 54.6 Å². The number of fused-ring (bicyclic) bond motifs is 4. The van der Waals surface area contributed by atoms with Crippen LogP contribution in [-0.2, 0) is 33.8 Å². The van der Waals surface area contributed by atoms with E-state index >= 15 is 0 Å². The fourth-order valence-electron chi connectivity index (χ4n) is 9.05. The lowest BCUT2D eigenvalue weighted by Crippen LogP contribution is -2.54. The summed E-state index contributed by atoms with van der Waals surface area (Å²) in [6.07, 6.45) is -3.68. The number of imidazole rings is 1. The summed E-state index contributed by atoms with van der Waals surface area (Å²) in [7, 11) is 0. The van der Waals surface area contributed by atoms with Gasteiger partial charge in [-0.25, -0.2) is 13.9 Å². The maximum absolute atomic E-state index is 13.2. The van der Waals surface area contributed by atoms with Crippen molar-refractivity contribution < 1.29 is 38.9 Å². The lowest BCUT2D eigenvalue weighted by Gasteiger charge is -2.39. The molecule has 1 aliphatic carbocycles. The van der Waals surface area contributed by atoms with Crippen molar-refractivity contribution >= 4 is 17.1 Å². The number of amides is 1. The molecule has 0 bridgehead atoms. The van der Waals surface area contributed by atoms with Crippen LogP contribution < -0.4 is 9.88 Å². The molecule has 56 heavy (non-hydrogen) atoms. The zero-order valence-electron chi connectivity index (χ0n) is 32.2. The maximum atomic E-state index is 13.2. The minimum Gasteiger partial charge on any atom is -0.449 e. The van der Waals surface area contributed by atoms with Crippen LogP contribution in [0.15, 0.2) is 97.1 Å². The van der Waals surface area contributed by atoms with E-state index in [9.17, 15) is 20.1 Å². The van der Waals surface area contributed by atoms with Crippen LogP contribution in [-0.4, -0.2) is 88.1 Å². The Kier molecular flexibility index (Phi) is 11.5. The summed E-state index contributed by atoms with van der Waals surface area (Å²) < 4.78 is 22.0. The second kappa shape index (κ2) is 16.9. The molecule has 0 saturated carbocycles. The summed E-state index contributed by atoms with van der Waals surface area (Å²) in [5.41, 5.74) is 9.12. The van der Waals surface area contributed by atoms with Crippen molar-refractivity contribution in [2.75, 3.05) is 32.8 Å². The highest BCUT2D eigenvalue weighted by Crippen LogP contribution is 2.44. The summed E-state index contributed by atoms with van der Waals surface area (Å²) in [5.74, 6) is 1.38. The lowest BCUT2D eigenvalue weighted by molar-refractivity contribution is -0.676. The van der Waals surface area contributed by atoms with Gasteiger partial charge >= 0.3 is 6.09 Å². The first kappa shape index (κ1) is 38.3. The largest absolute Gasteiger partial charge is 0.449 e. The number of nitrogens with one attached hydrogen (secondary N) is 1. The Morgan fingerprint density at radius 3 is 2.27 bits per heavy atom. The number of β-amino-alcohol motifs (C(OH)–C–C–N with tert-alkyl or cyclic N) is 1. The van der Waals surface area contributed by atoms with E-state index in [1.54, 1.807) is 0 Å². The van der Waals surface area contributed by atoms with Crippen LogP contribution in [0.25, 0.3) is 22.2 Å². The number of nitrogens with zero attached hydrogens (tertiary/aromatic N) is 3. The molecule has 1 aromatic heterocycles. The molecule has 3 aliphatic rings. The topological polar surface area (TPSA) is 130 Å². The fraction of sp³-hybridized carbons (Fsp3) is 0.422. The van der Waals surface area contributed by atoms with Crippen LogP contribution in [0.4, 0.5) is 4.79 Å². The normalized spacial score (nSPS) is 21.4. The molecule has 5 aromatic rings. The van der Waals surface area contributed by atoms with Gasteiger partial charge < -0.3 is 39.7 Å². The van der Waals surface area contributed by atoms with Crippen LogP contribution in [0.5, 0.6) is 0 Å². The van der Waals surface area contributed by atoms with Gasteiger partial charge in [0.25, 0.3) is 5.82 Å². The van der Waals surface area contributed by atoms with E-state index in [2.05, 4.69) is 75.7 Å². The van der Waals surface area contributed by atoms with Gasteiger partial charge in [0, 0.05) is 18.0 Å². The average molecular weight is 762 g/mol. The third-order valence-corrected chi connectivity index (χ3v) is 12.0. The van der Waals surface area contributed by atoms with Crippen molar-refractivity contribution in [1.29, 1.82) is 0 Å². The first-order valence-electron chi connectivity index (χ1n) is 20.1. The van der Waals surface area contributed by atoms with Crippen LogP contribution in [0.1, 0.15) is 72.9 Å². The van der Waals surface area contributed by atoms with Crippen molar-refractivity contribution in [3.63, 3.8) is 0 Å². The predicted molar refractivity (Wildman–Crippen MR) is 212 cm³/mol. The van der Waals surface area contributed by atoms with Crippen LogP contribution in [0.3, 0.4) is 0 Å². The molecule has 3 heterocycles. The number of rotatable bonds is 12. The zero-order chi connectivity index (χ0) is 38.8.